The highest BCUT2D eigenvalue weighted by atomic mass is 35.5. The molecule has 0 bridgehead atoms. The topological polar surface area (TPSA) is 46.5 Å². The highest BCUT2D eigenvalue weighted by Crippen LogP contribution is 2.38. The Morgan fingerprint density at radius 3 is 2.25 bits per heavy atom. The van der Waals surface area contributed by atoms with Gasteiger partial charge >= 0.3 is 12.1 Å². The second kappa shape index (κ2) is 5.85. The van der Waals surface area contributed by atoms with Crippen LogP contribution < -0.4 is 0 Å². The van der Waals surface area contributed by atoms with Crippen LogP contribution in [0.4, 0.5) is 13.2 Å². The third-order valence-corrected chi connectivity index (χ3v) is 2.97. The third-order valence-electron chi connectivity index (χ3n) is 2.71. The van der Waals surface area contributed by atoms with Crippen LogP contribution in [0.15, 0.2) is 30.8 Å². The minimum absolute atomic E-state index is 0.0631. The highest BCUT2D eigenvalue weighted by Gasteiger charge is 2.60. The molecule has 20 heavy (non-hydrogen) atoms. The first-order valence-electron chi connectivity index (χ1n) is 5.43. The van der Waals surface area contributed by atoms with Crippen LogP contribution in [0.1, 0.15) is 12.0 Å². The van der Waals surface area contributed by atoms with Gasteiger partial charge in [-0.1, -0.05) is 30.3 Å². The summed E-state index contributed by atoms with van der Waals surface area (Å²) in [6.07, 6.45) is -6.19. The van der Waals surface area contributed by atoms with E-state index in [1.165, 1.54) is 24.3 Å². The Morgan fingerprint density at radius 2 is 1.85 bits per heavy atom. The zero-order valence-electron chi connectivity index (χ0n) is 10.5. The van der Waals surface area contributed by atoms with Gasteiger partial charge in [-0.2, -0.15) is 13.2 Å². The minimum Gasteiger partial charge on any atom is -0.467 e. The molecule has 1 aromatic rings. The first kappa shape index (κ1) is 16.5. The molecule has 0 aliphatic carbocycles. The molecule has 0 aliphatic heterocycles. The Bertz CT molecular complexity index is 511. The summed E-state index contributed by atoms with van der Waals surface area (Å²) >= 11 is 5.66. The van der Waals surface area contributed by atoms with E-state index >= 15 is 0 Å². The number of halogens is 4. The lowest BCUT2D eigenvalue weighted by Crippen LogP contribution is -2.52. The van der Waals surface area contributed by atoms with Crippen molar-refractivity contribution >= 4 is 23.1 Å². The van der Waals surface area contributed by atoms with Crippen molar-refractivity contribution < 1.29 is 27.8 Å². The van der Waals surface area contributed by atoms with Crippen LogP contribution >= 0.6 is 11.6 Å². The van der Waals surface area contributed by atoms with Gasteiger partial charge in [0, 0.05) is 11.4 Å². The summed E-state index contributed by atoms with van der Waals surface area (Å²) in [6, 6.07) is 5.82. The third kappa shape index (κ3) is 3.32. The average Bonchev–Trinajstić information content (AvgIpc) is 2.36. The van der Waals surface area contributed by atoms with Crippen molar-refractivity contribution in [2.24, 2.45) is 0 Å². The summed E-state index contributed by atoms with van der Waals surface area (Å²) in [5.74, 6) is -1.78. The van der Waals surface area contributed by atoms with Gasteiger partial charge in [-0.15, -0.1) is 0 Å². The molecule has 3 nitrogen and oxygen atoms in total. The van der Waals surface area contributed by atoms with Gasteiger partial charge in [0.1, 0.15) is 0 Å². The molecule has 0 saturated heterocycles. The Morgan fingerprint density at radius 1 is 1.35 bits per heavy atom. The van der Waals surface area contributed by atoms with Crippen LogP contribution in [-0.2, 0) is 9.53 Å². The van der Waals surface area contributed by atoms with E-state index in [1.54, 1.807) is 0 Å². The monoisotopic (exact) mass is 308 g/mol. The molecule has 0 aliphatic rings. The van der Waals surface area contributed by atoms with Crippen LogP contribution in [0.3, 0.4) is 0 Å². The molecule has 0 fully saturated rings. The van der Waals surface area contributed by atoms with Crippen LogP contribution in [0.25, 0.3) is 5.57 Å². The summed E-state index contributed by atoms with van der Waals surface area (Å²) in [6.45, 7) is 3.46. The molecule has 0 amide bonds. The summed E-state index contributed by atoms with van der Waals surface area (Å²) < 4.78 is 42.6. The quantitative estimate of drug-likeness (QED) is 0.869. The van der Waals surface area contributed by atoms with Crippen molar-refractivity contribution in [3.8, 4) is 0 Å². The van der Waals surface area contributed by atoms with Gasteiger partial charge in [-0.25, -0.2) is 4.79 Å². The van der Waals surface area contributed by atoms with E-state index in [2.05, 4.69) is 11.3 Å². The minimum atomic E-state index is -5.17. The summed E-state index contributed by atoms with van der Waals surface area (Å²) in [4.78, 5) is 11.2. The number of hydrogen-bond acceptors (Lipinski definition) is 3. The van der Waals surface area contributed by atoms with Gasteiger partial charge in [0.15, 0.2) is 0 Å². The summed E-state index contributed by atoms with van der Waals surface area (Å²) in [5.41, 5.74) is -3.36. The number of carbonyl (C=O) groups is 1. The predicted molar refractivity (Wildman–Crippen MR) is 68.1 cm³/mol. The number of aliphatic hydroxyl groups is 1. The first-order chi connectivity index (χ1) is 9.11. The number of alkyl halides is 3. The molecule has 1 N–H and O–H groups in total. The molecule has 1 atom stereocenters. The molecule has 0 aromatic heterocycles. The standard InChI is InChI=1S/C13H12ClF3O3/c1-8(9-3-5-10(14)6-4-9)7-12(19,11(18)20-2)13(15,16)17/h3-6,19H,1,7H2,2H3/t12-/m1/s1. The fourth-order valence-corrected chi connectivity index (χ4v) is 1.68. The largest absolute Gasteiger partial charge is 0.467 e. The molecular formula is C13H12ClF3O3. The number of rotatable bonds is 4. The molecule has 1 rings (SSSR count). The van der Waals surface area contributed by atoms with E-state index in [0.29, 0.717) is 10.6 Å². The van der Waals surface area contributed by atoms with Crippen molar-refractivity contribution in [3.05, 3.63) is 41.4 Å². The van der Waals surface area contributed by atoms with Crippen LogP contribution in [0, 0.1) is 0 Å². The van der Waals surface area contributed by atoms with Crippen LogP contribution in [0.2, 0.25) is 5.02 Å². The number of benzene rings is 1. The van der Waals surface area contributed by atoms with Crippen LogP contribution in [-0.4, -0.2) is 30.0 Å². The van der Waals surface area contributed by atoms with Gasteiger partial charge in [-0.05, 0) is 23.3 Å². The Balaban J connectivity index is 3.05. The Hall–Kier alpha value is -1.53. The fraction of sp³-hybridized carbons (Fsp3) is 0.308. The number of hydrogen-bond donors (Lipinski definition) is 1. The fourth-order valence-electron chi connectivity index (χ4n) is 1.55. The van der Waals surface area contributed by atoms with E-state index in [1.807, 2.05) is 0 Å². The van der Waals surface area contributed by atoms with E-state index in [4.69, 9.17) is 11.6 Å². The smallest absolute Gasteiger partial charge is 0.428 e. The number of methoxy groups -OCH3 is 1. The Labute approximate surface area is 118 Å². The summed E-state index contributed by atoms with van der Waals surface area (Å²) in [7, 11) is 0.768. The van der Waals surface area contributed by atoms with Crippen LogP contribution in [0.5, 0.6) is 0 Å². The van der Waals surface area contributed by atoms with Crippen molar-refractivity contribution in [1.82, 2.24) is 0 Å². The maximum atomic E-state index is 12.9. The zero-order chi connectivity index (χ0) is 15.6. The van der Waals surface area contributed by atoms with Crippen molar-refractivity contribution in [2.75, 3.05) is 7.11 Å². The molecule has 1 aromatic carbocycles. The molecule has 0 saturated carbocycles. The second-order valence-corrected chi connectivity index (χ2v) is 4.57. The SMILES string of the molecule is C=C(C[C@@](O)(C(=O)OC)C(F)(F)F)c1ccc(Cl)cc1. The van der Waals surface area contributed by atoms with Gasteiger partial charge < -0.3 is 9.84 Å². The van der Waals surface area contributed by atoms with Crippen molar-refractivity contribution in [3.63, 3.8) is 0 Å². The van der Waals surface area contributed by atoms with Gasteiger partial charge in [-0.3, -0.25) is 0 Å². The number of carbonyl (C=O) groups excluding carboxylic acids is 1. The van der Waals surface area contributed by atoms with Crippen molar-refractivity contribution in [1.29, 1.82) is 0 Å². The zero-order valence-corrected chi connectivity index (χ0v) is 11.3. The normalized spacial score (nSPS) is 14.5. The average molecular weight is 309 g/mol. The molecule has 0 spiro atoms. The van der Waals surface area contributed by atoms with Gasteiger partial charge in [0.25, 0.3) is 5.60 Å². The number of esters is 1. The maximum Gasteiger partial charge on any atom is 0.428 e. The van der Waals surface area contributed by atoms with Crippen molar-refractivity contribution in [2.45, 2.75) is 18.2 Å². The molecule has 0 radical (unpaired) electrons. The number of ether oxygens (including phenoxy) is 1. The lowest BCUT2D eigenvalue weighted by molar-refractivity contribution is -0.259. The van der Waals surface area contributed by atoms with Gasteiger partial charge in [0.2, 0.25) is 0 Å². The van der Waals surface area contributed by atoms with E-state index in [9.17, 15) is 23.1 Å². The molecule has 110 valence electrons. The van der Waals surface area contributed by atoms with Gasteiger partial charge in [0.05, 0.1) is 7.11 Å². The molecule has 7 heteroatoms. The second-order valence-electron chi connectivity index (χ2n) is 4.14. The summed E-state index contributed by atoms with van der Waals surface area (Å²) in [5, 5.41) is 10.0. The Kier molecular flexibility index (Phi) is 4.83. The van der Waals surface area contributed by atoms with E-state index in [-0.39, 0.29) is 5.57 Å². The molecular weight excluding hydrogens is 297 g/mol. The lowest BCUT2D eigenvalue weighted by atomic mass is 9.91. The van der Waals surface area contributed by atoms with E-state index < -0.39 is 24.2 Å². The highest BCUT2D eigenvalue weighted by molar-refractivity contribution is 6.30. The van der Waals surface area contributed by atoms with E-state index in [0.717, 1.165) is 7.11 Å². The molecule has 0 unspecified atom stereocenters. The molecule has 0 heterocycles. The first-order valence-corrected chi connectivity index (χ1v) is 5.81. The predicted octanol–water partition coefficient (Wildman–Crippen LogP) is 3.21. The maximum absolute atomic E-state index is 12.9. The lowest BCUT2D eigenvalue weighted by Gasteiger charge is -2.28.